The molecule has 0 aromatic heterocycles. The van der Waals surface area contributed by atoms with Crippen molar-refractivity contribution in [1.29, 1.82) is 0 Å². The second-order valence-corrected chi connectivity index (χ2v) is 4.14. The van der Waals surface area contributed by atoms with Crippen LogP contribution in [-0.4, -0.2) is 30.1 Å². The Balaban J connectivity index is 2.40. The van der Waals surface area contributed by atoms with E-state index in [0.29, 0.717) is 6.04 Å². The monoisotopic (exact) mass is 184 g/mol. The Morgan fingerprint density at radius 1 is 1.08 bits per heavy atom. The van der Waals surface area contributed by atoms with Crippen LogP contribution in [0, 0.1) is 0 Å². The van der Waals surface area contributed by atoms with Crippen LogP contribution in [0.15, 0.2) is 0 Å². The minimum absolute atomic E-state index is 0.473. The van der Waals surface area contributed by atoms with Gasteiger partial charge in [0.15, 0.2) is 0 Å². The zero-order valence-electron chi connectivity index (χ0n) is 9.13. The summed E-state index contributed by atoms with van der Waals surface area (Å²) in [5.41, 5.74) is 5.96. The molecule has 78 valence electrons. The van der Waals surface area contributed by atoms with Gasteiger partial charge in [0, 0.05) is 12.1 Å². The third-order valence-electron chi connectivity index (χ3n) is 3.31. The van der Waals surface area contributed by atoms with Crippen molar-refractivity contribution in [2.75, 3.05) is 13.1 Å². The Labute approximate surface area is 82.5 Å². The summed E-state index contributed by atoms with van der Waals surface area (Å²) in [5.74, 6) is 0. The quantitative estimate of drug-likeness (QED) is 0.680. The van der Waals surface area contributed by atoms with Crippen molar-refractivity contribution < 1.29 is 0 Å². The fourth-order valence-electron chi connectivity index (χ4n) is 2.42. The molecule has 0 aromatic carbocycles. The van der Waals surface area contributed by atoms with Crippen molar-refractivity contribution in [3.05, 3.63) is 0 Å². The minimum Gasteiger partial charge on any atom is -0.328 e. The molecular weight excluding hydrogens is 160 g/mol. The first-order valence-electron chi connectivity index (χ1n) is 5.77. The molecule has 13 heavy (non-hydrogen) atoms. The van der Waals surface area contributed by atoms with Crippen molar-refractivity contribution in [1.82, 2.24) is 4.90 Å². The highest BCUT2D eigenvalue weighted by molar-refractivity contribution is 4.77. The Kier molecular flexibility index (Phi) is 4.74. The second kappa shape index (κ2) is 5.61. The molecule has 0 bridgehead atoms. The maximum Gasteiger partial charge on any atom is 0.00956 e. The van der Waals surface area contributed by atoms with Gasteiger partial charge in [0.2, 0.25) is 0 Å². The molecule has 2 heteroatoms. The predicted octanol–water partition coefficient (Wildman–Crippen LogP) is 1.99. The van der Waals surface area contributed by atoms with Gasteiger partial charge in [0.1, 0.15) is 0 Å². The van der Waals surface area contributed by atoms with Crippen LogP contribution in [-0.2, 0) is 0 Å². The van der Waals surface area contributed by atoms with E-state index in [2.05, 4.69) is 18.7 Å². The third kappa shape index (κ3) is 3.28. The van der Waals surface area contributed by atoms with E-state index in [9.17, 15) is 0 Å². The summed E-state index contributed by atoms with van der Waals surface area (Å²) in [5, 5.41) is 0. The van der Waals surface area contributed by atoms with E-state index in [1.54, 1.807) is 0 Å². The molecule has 1 rings (SSSR count). The molecular formula is C11H24N2. The normalized spacial score (nSPS) is 30.5. The van der Waals surface area contributed by atoms with Gasteiger partial charge in [-0.15, -0.1) is 0 Å². The van der Waals surface area contributed by atoms with Crippen molar-refractivity contribution in [2.24, 2.45) is 5.73 Å². The van der Waals surface area contributed by atoms with E-state index in [4.69, 9.17) is 5.73 Å². The molecule has 0 amide bonds. The molecule has 0 heterocycles. The number of nitrogens with two attached hydrogens (primary N) is 1. The molecule has 1 aliphatic rings. The highest BCUT2D eigenvalue weighted by atomic mass is 15.1. The van der Waals surface area contributed by atoms with Crippen LogP contribution < -0.4 is 5.73 Å². The first kappa shape index (κ1) is 11.0. The standard InChI is InChI=1S/C11H24N2/c1-3-13(4-2)11-7-5-6-10(12)8-9-11/h10-11H,3-9,12H2,1-2H3. The Morgan fingerprint density at radius 2 is 1.77 bits per heavy atom. The molecule has 1 fully saturated rings. The molecule has 0 aromatic rings. The van der Waals surface area contributed by atoms with Crippen LogP contribution in [0.3, 0.4) is 0 Å². The van der Waals surface area contributed by atoms with Crippen molar-refractivity contribution >= 4 is 0 Å². The van der Waals surface area contributed by atoms with E-state index in [-0.39, 0.29) is 0 Å². The van der Waals surface area contributed by atoms with Crippen LogP contribution in [0.25, 0.3) is 0 Å². The average Bonchev–Trinajstić information content (AvgIpc) is 2.34. The third-order valence-corrected chi connectivity index (χ3v) is 3.31. The molecule has 2 nitrogen and oxygen atoms in total. The Hall–Kier alpha value is -0.0800. The van der Waals surface area contributed by atoms with Crippen molar-refractivity contribution in [2.45, 2.75) is 58.0 Å². The van der Waals surface area contributed by atoms with E-state index in [0.717, 1.165) is 6.04 Å². The summed E-state index contributed by atoms with van der Waals surface area (Å²) in [7, 11) is 0. The number of rotatable bonds is 3. The fraction of sp³-hybridized carbons (Fsp3) is 1.00. The largest absolute Gasteiger partial charge is 0.328 e. The molecule has 0 radical (unpaired) electrons. The van der Waals surface area contributed by atoms with E-state index in [1.807, 2.05) is 0 Å². The SMILES string of the molecule is CCN(CC)C1CCCC(N)CC1. The highest BCUT2D eigenvalue weighted by Gasteiger charge is 2.19. The van der Waals surface area contributed by atoms with Gasteiger partial charge >= 0.3 is 0 Å². The van der Waals surface area contributed by atoms with Crippen LogP contribution >= 0.6 is 0 Å². The highest BCUT2D eigenvalue weighted by Crippen LogP contribution is 2.20. The van der Waals surface area contributed by atoms with Crippen molar-refractivity contribution in [3.63, 3.8) is 0 Å². The van der Waals surface area contributed by atoms with Crippen molar-refractivity contribution in [3.8, 4) is 0 Å². The first-order valence-corrected chi connectivity index (χ1v) is 5.77. The summed E-state index contributed by atoms with van der Waals surface area (Å²) < 4.78 is 0. The average molecular weight is 184 g/mol. The minimum atomic E-state index is 0.473. The molecule has 0 saturated heterocycles. The van der Waals surface area contributed by atoms with Gasteiger partial charge in [-0.3, -0.25) is 0 Å². The molecule has 2 unspecified atom stereocenters. The van der Waals surface area contributed by atoms with E-state index >= 15 is 0 Å². The molecule has 1 aliphatic carbocycles. The van der Waals surface area contributed by atoms with Crippen LogP contribution in [0.1, 0.15) is 46.0 Å². The second-order valence-electron chi connectivity index (χ2n) is 4.14. The lowest BCUT2D eigenvalue weighted by Gasteiger charge is -2.28. The topological polar surface area (TPSA) is 29.3 Å². The summed E-state index contributed by atoms with van der Waals surface area (Å²) in [4.78, 5) is 2.58. The predicted molar refractivity (Wildman–Crippen MR) is 57.8 cm³/mol. The number of hydrogen-bond donors (Lipinski definition) is 1. The lowest BCUT2D eigenvalue weighted by molar-refractivity contribution is 0.197. The van der Waals surface area contributed by atoms with Gasteiger partial charge in [-0.25, -0.2) is 0 Å². The van der Waals surface area contributed by atoms with Gasteiger partial charge in [-0.1, -0.05) is 20.3 Å². The van der Waals surface area contributed by atoms with Crippen LogP contribution in [0.4, 0.5) is 0 Å². The summed E-state index contributed by atoms with van der Waals surface area (Å²) in [6, 6.07) is 1.28. The summed E-state index contributed by atoms with van der Waals surface area (Å²) >= 11 is 0. The van der Waals surface area contributed by atoms with Gasteiger partial charge in [-0.2, -0.15) is 0 Å². The van der Waals surface area contributed by atoms with Gasteiger partial charge in [0.25, 0.3) is 0 Å². The molecule has 1 saturated carbocycles. The molecule has 0 aliphatic heterocycles. The number of hydrogen-bond acceptors (Lipinski definition) is 2. The lowest BCUT2D eigenvalue weighted by Crippen LogP contribution is -2.34. The van der Waals surface area contributed by atoms with E-state index < -0.39 is 0 Å². The lowest BCUT2D eigenvalue weighted by atomic mass is 10.1. The zero-order valence-corrected chi connectivity index (χ0v) is 9.13. The van der Waals surface area contributed by atoms with E-state index in [1.165, 1.54) is 45.2 Å². The zero-order chi connectivity index (χ0) is 9.68. The summed E-state index contributed by atoms with van der Waals surface area (Å²) in [6.07, 6.45) is 6.44. The van der Waals surface area contributed by atoms with Gasteiger partial charge in [-0.05, 0) is 38.8 Å². The summed E-state index contributed by atoms with van der Waals surface area (Å²) in [6.45, 7) is 6.90. The van der Waals surface area contributed by atoms with Crippen LogP contribution in [0.2, 0.25) is 0 Å². The number of nitrogens with zero attached hydrogens (tertiary/aromatic N) is 1. The first-order chi connectivity index (χ1) is 6.27. The fourth-order valence-corrected chi connectivity index (χ4v) is 2.42. The maximum absolute atomic E-state index is 5.96. The van der Waals surface area contributed by atoms with Crippen LogP contribution in [0.5, 0.6) is 0 Å². The molecule has 0 spiro atoms. The Morgan fingerprint density at radius 3 is 2.38 bits per heavy atom. The maximum atomic E-state index is 5.96. The smallest absolute Gasteiger partial charge is 0.00956 e. The van der Waals surface area contributed by atoms with Gasteiger partial charge in [0.05, 0.1) is 0 Å². The molecule has 2 atom stereocenters. The van der Waals surface area contributed by atoms with Gasteiger partial charge < -0.3 is 10.6 Å². The Bertz CT molecular complexity index is 132. The molecule has 2 N–H and O–H groups in total.